The second kappa shape index (κ2) is 8.71. The van der Waals surface area contributed by atoms with Gasteiger partial charge < -0.3 is 20.9 Å². The van der Waals surface area contributed by atoms with Gasteiger partial charge in [0.15, 0.2) is 11.1 Å². The Hall–Kier alpha value is -2.12. The first-order chi connectivity index (χ1) is 12.9. The van der Waals surface area contributed by atoms with E-state index < -0.39 is 0 Å². The number of aromatic nitrogens is 1. The average Bonchev–Trinajstić information content (AvgIpc) is 3.21. The van der Waals surface area contributed by atoms with Crippen LogP contribution >= 0.6 is 11.3 Å². The van der Waals surface area contributed by atoms with E-state index in [1.54, 1.807) is 11.3 Å². The van der Waals surface area contributed by atoms with Crippen molar-refractivity contribution in [2.45, 2.75) is 32.4 Å². The SMILES string of the molecule is CC(NC(C)(C)CN=C(N)N1CCN(c2nccs2)CC1)c1ccccc1. The third-order valence-electron chi connectivity index (χ3n) is 4.84. The van der Waals surface area contributed by atoms with Crippen LogP contribution in [0.15, 0.2) is 46.9 Å². The molecule has 1 aromatic heterocycles. The zero-order valence-corrected chi connectivity index (χ0v) is 17.2. The summed E-state index contributed by atoms with van der Waals surface area (Å²) in [5, 5.41) is 6.77. The molecule has 0 aliphatic carbocycles. The van der Waals surface area contributed by atoms with E-state index >= 15 is 0 Å². The Morgan fingerprint density at radius 3 is 2.59 bits per heavy atom. The van der Waals surface area contributed by atoms with Crippen LogP contribution in [-0.2, 0) is 0 Å². The van der Waals surface area contributed by atoms with E-state index in [2.05, 4.69) is 70.1 Å². The lowest BCUT2D eigenvalue weighted by molar-refractivity contribution is 0.348. The van der Waals surface area contributed by atoms with Gasteiger partial charge in [0, 0.05) is 49.3 Å². The maximum atomic E-state index is 6.28. The Kier molecular flexibility index (Phi) is 6.34. The summed E-state index contributed by atoms with van der Waals surface area (Å²) in [7, 11) is 0. The molecule has 6 nitrogen and oxygen atoms in total. The summed E-state index contributed by atoms with van der Waals surface area (Å²) in [5.74, 6) is 0.635. The number of anilines is 1. The Bertz CT molecular complexity index is 720. The lowest BCUT2D eigenvalue weighted by atomic mass is 10.0. The molecule has 7 heteroatoms. The molecule has 3 N–H and O–H groups in total. The van der Waals surface area contributed by atoms with Crippen molar-refractivity contribution in [3.63, 3.8) is 0 Å². The van der Waals surface area contributed by atoms with Gasteiger partial charge in [-0.1, -0.05) is 30.3 Å². The van der Waals surface area contributed by atoms with Crippen LogP contribution in [0.3, 0.4) is 0 Å². The molecule has 1 saturated heterocycles. The van der Waals surface area contributed by atoms with Gasteiger partial charge in [-0.2, -0.15) is 0 Å². The molecule has 1 atom stereocenters. The third-order valence-corrected chi connectivity index (χ3v) is 5.67. The van der Waals surface area contributed by atoms with Gasteiger partial charge in [0.05, 0.1) is 6.54 Å². The number of nitrogens with one attached hydrogen (secondary N) is 1. The topological polar surface area (TPSA) is 69.8 Å². The maximum absolute atomic E-state index is 6.28. The van der Waals surface area contributed by atoms with Crippen LogP contribution in [-0.4, -0.2) is 54.1 Å². The fraction of sp³-hybridized carbons (Fsp3) is 0.500. The minimum atomic E-state index is -0.136. The van der Waals surface area contributed by atoms with Crippen molar-refractivity contribution in [1.29, 1.82) is 0 Å². The molecule has 0 bridgehead atoms. The number of piperazine rings is 1. The molecule has 1 aliphatic heterocycles. The van der Waals surface area contributed by atoms with Crippen molar-refractivity contribution in [2.24, 2.45) is 10.7 Å². The molecule has 27 heavy (non-hydrogen) atoms. The van der Waals surface area contributed by atoms with Gasteiger partial charge >= 0.3 is 0 Å². The largest absolute Gasteiger partial charge is 0.370 e. The number of guanidine groups is 1. The van der Waals surface area contributed by atoms with E-state index in [0.29, 0.717) is 12.5 Å². The minimum absolute atomic E-state index is 0.136. The number of nitrogens with zero attached hydrogens (tertiary/aromatic N) is 4. The number of hydrogen-bond acceptors (Lipinski definition) is 5. The van der Waals surface area contributed by atoms with Crippen LogP contribution in [0.5, 0.6) is 0 Å². The van der Waals surface area contributed by atoms with Crippen LogP contribution in [0.2, 0.25) is 0 Å². The summed E-state index contributed by atoms with van der Waals surface area (Å²) < 4.78 is 0. The summed E-state index contributed by atoms with van der Waals surface area (Å²) in [5.41, 5.74) is 7.42. The van der Waals surface area contributed by atoms with Crippen molar-refractivity contribution in [2.75, 3.05) is 37.6 Å². The smallest absolute Gasteiger partial charge is 0.191 e. The zero-order valence-electron chi connectivity index (χ0n) is 16.4. The highest BCUT2D eigenvalue weighted by atomic mass is 32.1. The second-order valence-electron chi connectivity index (χ2n) is 7.62. The number of thiazole rings is 1. The van der Waals surface area contributed by atoms with Crippen LogP contribution in [0.25, 0.3) is 0 Å². The van der Waals surface area contributed by atoms with Gasteiger partial charge in [-0.05, 0) is 26.3 Å². The first kappa shape index (κ1) is 19.6. The molecule has 1 aromatic carbocycles. The predicted molar refractivity (Wildman–Crippen MR) is 114 cm³/mol. The second-order valence-corrected chi connectivity index (χ2v) is 8.50. The Balaban J connectivity index is 1.50. The first-order valence-corrected chi connectivity index (χ1v) is 10.3. The number of rotatable bonds is 6. The molecular weight excluding hydrogens is 356 g/mol. The summed E-state index contributed by atoms with van der Waals surface area (Å²) in [6.07, 6.45) is 1.85. The lowest BCUT2D eigenvalue weighted by Gasteiger charge is -2.35. The van der Waals surface area contributed by atoms with Crippen molar-refractivity contribution >= 4 is 22.4 Å². The fourth-order valence-corrected chi connectivity index (χ4v) is 4.03. The van der Waals surface area contributed by atoms with Crippen molar-refractivity contribution in [3.8, 4) is 0 Å². The molecule has 3 rings (SSSR count). The summed E-state index contributed by atoms with van der Waals surface area (Å²) >= 11 is 1.68. The van der Waals surface area contributed by atoms with Crippen LogP contribution < -0.4 is 16.0 Å². The van der Waals surface area contributed by atoms with Crippen LogP contribution in [0.1, 0.15) is 32.4 Å². The average molecular weight is 387 g/mol. The van der Waals surface area contributed by atoms with Crippen molar-refractivity contribution < 1.29 is 0 Å². The van der Waals surface area contributed by atoms with Crippen LogP contribution in [0, 0.1) is 0 Å². The Morgan fingerprint density at radius 2 is 1.96 bits per heavy atom. The van der Waals surface area contributed by atoms with E-state index in [1.807, 2.05) is 17.6 Å². The minimum Gasteiger partial charge on any atom is -0.370 e. The third kappa shape index (κ3) is 5.43. The van der Waals surface area contributed by atoms with E-state index in [9.17, 15) is 0 Å². The van der Waals surface area contributed by atoms with Crippen LogP contribution in [0.4, 0.5) is 5.13 Å². The standard InChI is InChI=1S/C20H30N6S/c1-16(17-7-5-4-6-8-17)24-20(2,3)15-23-18(21)25-10-12-26(13-11-25)19-22-9-14-27-19/h4-9,14,16,24H,10-13,15H2,1-3H3,(H2,21,23). The molecule has 0 spiro atoms. The molecule has 0 saturated carbocycles. The first-order valence-electron chi connectivity index (χ1n) is 9.46. The number of aliphatic imine (C=N–C) groups is 1. The molecule has 2 heterocycles. The quantitative estimate of drug-likeness (QED) is 0.590. The van der Waals surface area contributed by atoms with Gasteiger partial charge in [0.1, 0.15) is 0 Å². The summed E-state index contributed by atoms with van der Waals surface area (Å²) in [6, 6.07) is 10.7. The van der Waals surface area contributed by atoms with E-state index in [-0.39, 0.29) is 11.6 Å². The predicted octanol–water partition coefficient (Wildman–Crippen LogP) is 2.71. The molecule has 0 radical (unpaired) electrons. The summed E-state index contributed by atoms with van der Waals surface area (Å²) in [4.78, 5) is 13.5. The lowest BCUT2D eigenvalue weighted by Crippen LogP contribution is -2.52. The molecule has 2 aromatic rings. The molecule has 0 amide bonds. The molecule has 1 aliphatic rings. The normalized spacial score (nSPS) is 17.2. The van der Waals surface area contributed by atoms with Gasteiger partial charge in [-0.3, -0.25) is 4.99 Å². The van der Waals surface area contributed by atoms with E-state index in [4.69, 9.17) is 5.73 Å². The van der Waals surface area contributed by atoms with E-state index in [0.717, 1.165) is 31.3 Å². The highest BCUT2D eigenvalue weighted by molar-refractivity contribution is 7.13. The Labute approximate surface area is 166 Å². The highest BCUT2D eigenvalue weighted by Crippen LogP contribution is 2.19. The fourth-order valence-electron chi connectivity index (χ4n) is 3.33. The van der Waals surface area contributed by atoms with Crippen molar-refractivity contribution in [1.82, 2.24) is 15.2 Å². The van der Waals surface area contributed by atoms with Gasteiger partial charge in [0.2, 0.25) is 0 Å². The molecule has 146 valence electrons. The molecule has 1 unspecified atom stereocenters. The monoisotopic (exact) mass is 386 g/mol. The number of benzene rings is 1. The Morgan fingerprint density at radius 1 is 1.26 bits per heavy atom. The van der Waals surface area contributed by atoms with E-state index in [1.165, 1.54) is 5.56 Å². The van der Waals surface area contributed by atoms with Gasteiger partial charge in [-0.15, -0.1) is 11.3 Å². The van der Waals surface area contributed by atoms with Crippen molar-refractivity contribution in [3.05, 3.63) is 47.5 Å². The van der Waals surface area contributed by atoms with Gasteiger partial charge in [0.25, 0.3) is 0 Å². The highest BCUT2D eigenvalue weighted by Gasteiger charge is 2.23. The summed E-state index contributed by atoms with van der Waals surface area (Å²) in [6.45, 7) is 10.8. The zero-order chi connectivity index (χ0) is 19.3. The molecular formula is C20H30N6S. The van der Waals surface area contributed by atoms with Gasteiger partial charge in [-0.25, -0.2) is 4.98 Å². The maximum Gasteiger partial charge on any atom is 0.191 e. The molecule has 1 fully saturated rings. The number of nitrogens with two attached hydrogens (primary N) is 1. The number of hydrogen-bond donors (Lipinski definition) is 2.